The van der Waals surface area contributed by atoms with Gasteiger partial charge in [0.2, 0.25) is 5.91 Å². The Labute approximate surface area is 117 Å². The molecule has 18 heavy (non-hydrogen) atoms. The Hall–Kier alpha value is -0.320. The molecule has 0 saturated carbocycles. The lowest BCUT2D eigenvalue weighted by molar-refractivity contribution is -0.122. The summed E-state index contributed by atoms with van der Waals surface area (Å²) in [5.74, 6) is 0.673. The molecule has 3 N–H and O–H groups in total. The standard InChI is InChI=1S/C13H28N2O2.ClH/c1-10(2)9-12(4)17-8-6-13(16)15-7-5-11(3)14;/h10-12H,5-9,14H2,1-4H3,(H,15,16);1H. The fourth-order valence-electron chi connectivity index (χ4n) is 1.61. The van der Waals surface area contributed by atoms with Crippen molar-refractivity contribution in [2.45, 2.75) is 59.1 Å². The van der Waals surface area contributed by atoms with Gasteiger partial charge in [-0.1, -0.05) is 13.8 Å². The van der Waals surface area contributed by atoms with E-state index in [1.807, 2.05) is 13.8 Å². The van der Waals surface area contributed by atoms with E-state index in [1.165, 1.54) is 0 Å². The lowest BCUT2D eigenvalue weighted by Gasteiger charge is -2.15. The van der Waals surface area contributed by atoms with Crippen molar-refractivity contribution in [1.29, 1.82) is 0 Å². The van der Waals surface area contributed by atoms with Gasteiger partial charge in [-0.05, 0) is 32.6 Å². The van der Waals surface area contributed by atoms with Gasteiger partial charge in [0.25, 0.3) is 0 Å². The molecule has 0 aromatic carbocycles. The molecule has 0 aliphatic heterocycles. The second-order valence-corrected chi connectivity index (χ2v) is 5.18. The highest BCUT2D eigenvalue weighted by molar-refractivity contribution is 5.85. The minimum atomic E-state index is 0. The van der Waals surface area contributed by atoms with Crippen LogP contribution in [0.2, 0.25) is 0 Å². The molecule has 0 rings (SSSR count). The Morgan fingerprint density at radius 1 is 1.28 bits per heavy atom. The van der Waals surface area contributed by atoms with Gasteiger partial charge in [0.05, 0.1) is 12.7 Å². The van der Waals surface area contributed by atoms with Crippen molar-refractivity contribution < 1.29 is 9.53 Å². The fraction of sp³-hybridized carbons (Fsp3) is 0.923. The average molecular weight is 281 g/mol. The number of amides is 1. The zero-order valence-electron chi connectivity index (χ0n) is 12.1. The number of hydrogen-bond acceptors (Lipinski definition) is 3. The van der Waals surface area contributed by atoms with E-state index in [4.69, 9.17) is 10.5 Å². The van der Waals surface area contributed by atoms with Gasteiger partial charge in [0.15, 0.2) is 0 Å². The largest absolute Gasteiger partial charge is 0.378 e. The maximum Gasteiger partial charge on any atom is 0.222 e. The van der Waals surface area contributed by atoms with Crippen LogP contribution >= 0.6 is 12.4 Å². The van der Waals surface area contributed by atoms with E-state index in [-0.39, 0.29) is 30.5 Å². The lowest BCUT2D eigenvalue weighted by atomic mass is 10.1. The molecule has 0 fully saturated rings. The first-order valence-corrected chi connectivity index (χ1v) is 6.55. The molecule has 4 nitrogen and oxygen atoms in total. The van der Waals surface area contributed by atoms with Crippen LogP contribution in [0.4, 0.5) is 0 Å². The number of rotatable bonds is 9. The summed E-state index contributed by atoms with van der Waals surface area (Å²) in [5.41, 5.74) is 5.59. The number of carbonyl (C=O) groups excluding carboxylic acids is 1. The van der Waals surface area contributed by atoms with Gasteiger partial charge in [-0.15, -0.1) is 12.4 Å². The van der Waals surface area contributed by atoms with E-state index in [0.29, 0.717) is 25.5 Å². The molecule has 0 aliphatic carbocycles. The SMILES string of the molecule is CC(C)CC(C)OCCC(=O)NCCC(C)N.Cl. The quantitative estimate of drug-likeness (QED) is 0.680. The summed E-state index contributed by atoms with van der Waals surface area (Å²) in [6, 6.07) is 0.137. The van der Waals surface area contributed by atoms with Crippen LogP contribution in [0, 0.1) is 5.92 Å². The first-order valence-electron chi connectivity index (χ1n) is 6.55. The first kappa shape index (κ1) is 20.0. The maximum absolute atomic E-state index is 11.4. The third-order valence-corrected chi connectivity index (χ3v) is 2.46. The van der Waals surface area contributed by atoms with Gasteiger partial charge in [-0.25, -0.2) is 0 Å². The molecule has 110 valence electrons. The molecule has 0 aromatic heterocycles. The smallest absolute Gasteiger partial charge is 0.222 e. The summed E-state index contributed by atoms with van der Waals surface area (Å²) >= 11 is 0. The van der Waals surface area contributed by atoms with E-state index >= 15 is 0 Å². The number of halogens is 1. The van der Waals surface area contributed by atoms with Gasteiger partial charge >= 0.3 is 0 Å². The molecule has 1 amide bonds. The number of nitrogens with two attached hydrogens (primary N) is 1. The highest BCUT2D eigenvalue weighted by Crippen LogP contribution is 2.07. The van der Waals surface area contributed by atoms with Crippen LogP contribution in [0.25, 0.3) is 0 Å². The van der Waals surface area contributed by atoms with Crippen LogP contribution in [0.1, 0.15) is 47.0 Å². The van der Waals surface area contributed by atoms with E-state index < -0.39 is 0 Å². The van der Waals surface area contributed by atoms with Crippen LogP contribution in [0.5, 0.6) is 0 Å². The van der Waals surface area contributed by atoms with Crippen molar-refractivity contribution in [3.8, 4) is 0 Å². The Morgan fingerprint density at radius 3 is 2.39 bits per heavy atom. The summed E-state index contributed by atoms with van der Waals surface area (Å²) in [7, 11) is 0. The second-order valence-electron chi connectivity index (χ2n) is 5.18. The van der Waals surface area contributed by atoms with Crippen molar-refractivity contribution in [2.24, 2.45) is 11.7 Å². The maximum atomic E-state index is 11.4. The van der Waals surface area contributed by atoms with Crippen molar-refractivity contribution >= 4 is 18.3 Å². The normalized spacial score (nSPS) is 13.9. The first-order chi connectivity index (χ1) is 7.91. The number of carbonyl (C=O) groups is 1. The molecule has 2 atom stereocenters. The summed E-state index contributed by atoms with van der Waals surface area (Å²) in [4.78, 5) is 11.4. The van der Waals surface area contributed by atoms with E-state index in [9.17, 15) is 4.79 Å². The Morgan fingerprint density at radius 2 is 1.89 bits per heavy atom. The van der Waals surface area contributed by atoms with Gasteiger partial charge in [0.1, 0.15) is 0 Å². The summed E-state index contributed by atoms with van der Waals surface area (Å²) in [6.45, 7) is 9.47. The Balaban J connectivity index is 0. The topological polar surface area (TPSA) is 64.3 Å². The van der Waals surface area contributed by atoms with Gasteiger partial charge in [-0.2, -0.15) is 0 Å². The predicted molar refractivity (Wildman–Crippen MR) is 78.0 cm³/mol. The van der Waals surface area contributed by atoms with E-state index in [2.05, 4.69) is 19.2 Å². The molecule has 0 aliphatic rings. The van der Waals surface area contributed by atoms with Crippen LogP contribution in [0.15, 0.2) is 0 Å². The fourth-order valence-corrected chi connectivity index (χ4v) is 1.61. The summed E-state index contributed by atoms with van der Waals surface area (Å²) < 4.78 is 5.57. The molecule has 0 heterocycles. The lowest BCUT2D eigenvalue weighted by Crippen LogP contribution is -2.29. The highest BCUT2D eigenvalue weighted by Gasteiger charge is 2.07. The monoisotopic (exact) mass is 280 g/mol. The Bertz CT molecular complexity index is 211. The van der Waals surface area contributed by atoms with Gasteiger partial charge < -0.3 is 15.8 Å². The van der Waals surface area contributed by atoms with Gasteiger partial charge in [-0.3, -0.25) is 4.79 Å². The molecule has 2 unspecified atom stereocenters. The second kappa shape index (κ2) is 11.8. The van der Waals surface area contributed by atoms with Crippen LogP contribution in [0.3, 0.4) is 0 Å². The molecule has 0 spiro atoms. The van der Waals surface area contributed by atoms with Crippen LogP contribution in [-0.2, 0) is 9.53 Å². The van der Waals surface area contributed by atoms with Crippen molar-refractivity contribution in [3.05, 3.63) is 0 Å². The molecule has 5 heteroatoms. The molecular weight excluding hydrogens is 252 g/mol. The average Bonchev–Trinajstić information content (AvgIpc) is 2.15. The zero-order chi connectivity index (χ0) is 13.3. The Kier molecular flexibility index (Phi) is 13.1. The van der Waals surface area contributed by atoms with E-state index in [0.717, 1.165) is 12.8 Å². The molecule has 0 bridgehead atoms. The van der Waals surface area contributed by atoms with E-state index in [1.54, 1.807) is 0 Å². The minimum absolute atomic E-state index is 0. The molecule has 0 saturated heterocycles. The van der Waals surface area contributed by atoms with Crippen molar-refractivity contribution in [2.75, 3.05) is 13.2 Å². The van der Waals surface area contributed by atoms with Crippen LogP contribution in [-0.4, -0.2) is 31.2 Å². The van der Waals surface area contributed by atoms with Crippen LogP contribution < -0.4 is 11.1 Å². The third-order valence-electron chi connectivity index (χ3n) is 2.46. The molecule has 0 radical (unpaired) electrons. The minimum Gasteiger partial charge on any atom is -0.378 e. The third kappa shape index (κ3) is 13.7. The number of hydrogen-bond donors (Lipinski definition) is 2. The highest BCUT2D eigenvalue weighted by atomic mass is 35.5. The molecule has 0 aromatic rings. The predicted octanol–water partition coefficient (Wildman–Crippen LogP) is 2.10. The zero-order valence-corrected chi connectivity index (χ0v) is 12.9. The summed E-state index contributed by atoms with van der Waals surface area (Å²) in [5, 5.41) is 2.83. The number of nitrogens with one attached hydrogen (secondary N) is 1. The summed E-state index contributed by atoms with van der Waals surface area (Å²) in [6.07, 6.45) is 2.51. The number of ether oxygens (including phenoxy) is 1. The molecular formula is C13H29ClN2O2. The van der Waals surface area contributed by atoms with Crippen molar-refractivity contribution in [1.82, 2.24) is 5.32 Å². The van der Waals surface area contributed by atoms with Crippen molar-refractivity contribution in [3.63, 3.8) is 0 Å². The van der Waals surface area contributed by atoms with Gasteiger partial charge in [0, 0.05) is 19.0 Å².